The SMILES string of the molecule is C[C@H](Oc1cccc(Cl)c1)c1nc(-c2cccc([N+](=O)[O-])c2)no1. The maximum Gasteiger partial charge on any atom is 0.270 e. The quantitative estimate of drug-likeness (QED) is 0.501. The number of hydrogen-bond acceptors (Lipinski definition) is 6. The molecule has 1 heterocycles. The summed E-state index contributed by atoms with van der Waals surface area (Å²) in [5, 5.41) is 15.2. The predicted molar refractivity (Wildman–Crippen MR) is 86.9 cm³/mol. The van der Waals surface area contributed by atoms with Crippen LogP contribution in [0.25, 0.3) is 11.4 Å². The van der Waals surface area contributed by atoms with Gasteiger partial charge >= 0.3 is 0 Å². The molecule has 0 spiro atoms. The number of aromatic nitrogens is 2. The summed E-state index contributed by atoms with van der Waals surface area (Å²) >= 11 is 5.91. The lowest BCUT2D eigenvalue weighted by atomic mass is 10.2. The van der Waals surface area contributed by atoms with E-state index in [0.717, 1.165) is 0 Å². The van der Waals surface area contributed by atoms with Crippen LogP contribution in [-0.4, -0.2) is 15.1 Å². The highest BCUT2D eigenvalue weighted by molar-refractivity contribution is 6.30. The Morgan fingerprint density at radius 1 is 1.25 bits per heavy atom. The lowest BCUT2D eigenvalue weighted by Crippen LogP contribution is -2.03. The third-order valence-electron chi connectivity index (χ3n) is 3.21. The van der Waals surface area contributed by atoms with Gasteiger partial charge in [0.2, 0.25) is 5.82 Å². The minimum atomic E-state index is -0.497. The molecular formula is C16H12ClN3O4. The topological polar surface area (TPSA) is 91.3 Å². The van der Waals surface area contributed by atoms with Crippen LogP contribution in [0.3, 0.4) is 0 Å². The molecule has 0 fully saturated rings. The Kier molecular flexibility index (Phi) is 4.43. The van der Waals surface area contributed by atoms with Crippen molar-refractivity contribution in [2.75, 3.05) is 0 Å². The van der Waals surface area contributed by atoms with Gasteiger partial charge in [0.05, 0.1) is 4.92 Å². The van der Waals surface area contributed by atoms with Gasteiger partial charge < -0.3 is 9.26 Å². The van der Waals surface area contributed by atoms with E-state index in [4.69, 9.17) is 20.9 Å². The molecule has 8 heteroatoms. The Balaban J connectivity index is 1.80. The van der Waals surface area contributed by atoms with Gasteiger partial charge in [0.25, 0.3) is 11.6 Å². The Bertz CT molecular complexity index is 881. The summed E-state index contributed by atoms with van der Waals surface area (Å²) in [7, 11) is 0. The zero-order chi connectivity index (χ0) is 17.1. The van der Waals surface area contributed by atoms with Crippen LogP contribution in [0.4, 0.5) is 5.69 Å². The number of nitro groups is 1. The molecule has 122 valence electrons. The van der Waals surface area contributed by atoms with Crippen molar-refractivity contribution >= 4 is 17.3 Å². The second-order valence-corrected chi connectivity index (χ2v) is 5.42. The molecule has 0 aliphatic carbocycles. The molecule has 24 heavy (non-hydrogen) atoms. The number of rotatable bonds is 5. The minimum absolute atomic E-state index is 0.0397. The number of hydrogen-bond donors (Lipinski definition) is 0. The van der Waals surface area contributed by atoms with Crippen LogP contribution in [0.5, 0.6) is 5.75 Å². The highest BCUT2D eigenvalue weighted by atomic mass is 35.5. The molecule has 0 saturated carbocycles. The molecule has 3 rings (SSSR count). The highest BCUT2D eigenvalue weighted by Gasteiger charge is 2.18. The fraction of sp³-hybridized carbons (Fsp3) is 0.125. The summed E-state index contributed by atoms with van der Waals surface area (Å²) in [6.45, 7) is 1.76. The average molecular weight is 346 g/mol. The molecule has 0 N–H and O–H groups in total. The number of halogens is 1. The second kappa shape index (κ2) is 6.67. The second-order valence-electron chi connectivity index (χ2n) is 4.98. The molecule has 0 aliphatic rings. The van der Waals surface area contributed by atoms with E-state index >= 15 is 0 Å². The summed E-state index contributed by atoms with van der Waals surface area (Å²) in [5.74, 6) is 1.09. The molecule has 0 aliphatic heterocycles. The number of nitrogens with zero attached hydrogens (tertiary/aromatic N) is 3. The van der Waals surface area contributed by atoms with E-state index in [1.807, 2.05) is 0 Å². The molecule has 1 atom stereocenters. The molecule has 0 radical (unpaired) electrons. The lowest BCUT2D eigenvalue weighted by molar-refractivity contribution is -0.384. The van der Waals surface area contributed by atoms with Gasteiger partial charge in [0.1, 0.15) is 5.75 Å². The lowest BCUT2D eigenvalue weighted by Gasteiger charge is -2.10. The molecule has 0 bridgehead atoms. The fourth-order valence-corrected chi connectivity index (χ4v) is 2.25. The van der Waals surface area contributed by atoms with Crippen molar-refractivity contribution in [3.05, 3.63) is 69.6 Å². The summed E-state index contributed by atoms with van der Waals surface area (Å²) in [5.41, 5.74) is 0.455. The summed E-state index contributed by atoms with van der Waals surface area (Å²) in [4.78, 5) is 14.6. The van der Waals surface area contributed by atoms with Crippen LogP contribution in [0.15, 0.2) is 53.1 Å². The molecule has 3 aromatic rings. The molecular weight excluding hydrogens is 334 g/mol. The molecule has 2 aromatic carbocycles. The van der Waals surface area contributed by atoms with E-state index in [0.29, 0.717) is 16.3 Å². The largest absolute Gasteiger partial charge is 0.481 e. The highest BCUT2D eigenvalue weighted by Crippen LogP contribution is 2.26. The van der Waals surface area contributed by atoms with Crippen LogP contribution in [0.1, 0.15) is 18.9 Å². The van der Waals surface area contributed by atoms with E-state index in [1.54, 1.807) is 43.3 Å². The minimum Gasteiger partial charge on any atom is -0.481 e. The first-order chi connectivity index (χ1) is 11.5. The maximum atomic E-state index is 10.8. The van der Waals surface area contributed by atoms with E-state index in [9.17, 15) is 10.1 Å². The average Bonchev–Trinajstić information content (AvgIpc) is 3.05. The van der Waals surface area contributed by atoms with Crippen molar-refractivity contribution in [2.45, 2.75) is 13.0 Å². The summed E-state index contributed by atoms with van der Waals surface area (Å²) in [6, 6.07) is 13.0. The Labute approximate surface area is 142 Å². The van der Waals surface area contributed by atoms with Crippen molar-refractivity contribution < 1.29 is 14.2 Å². The van der Waals surface area contributed by atoms with Crippen LogP contribution in [-0.2, 0) is 0 Å². The van der Waals surface area contributed by atoms with Crippen molar-refractivity contribution in [3.63, 3.8) is 0 Å². The summed E-state index contributed by atoms with van der Waals surface area (Å²) in [6.07, 6.45) is -0.497. The van der Waals surface area contributed by atoms with Gasteiger partial charge in [0, 0.05) is 22.7 Å². The van der Waals surface area contributed by atoms with Gasteiger partial charge in [-0.2, -0.15) is 4.98 Å². The van der Waals surface area contributed by atoms with Gasteiger partial charge in [-0.05, 0) is 25.1 Å². The standard InChI is InChI=1S/C16H12ClN3O4/c1-10(23-14-7-3-5-12(17)9-14)16-18-15(19-24-16)11-4-2-6-13(8-11)20(21)22/h2-10H,1H3/t10-/m0/s1. The number of ether oxygens (including phenoxy) is 1. The van der Waals surface area contributed by atoms with Crippen molar-refractivity contribution in [1.29, 1.82) is 0 Å². The van der Waals surface area contributed by atoms with Crippen LogP contribution in [0, 0.1) is 10.1 Å². The first-order valence-electron chi connectivity index (χ1n) is 7.03. The Morgan fingerprint density at radius 2 is 2.04 bits per heavy atom. The van der Waals surface area contributed by atoms with E-state index < -0.39 is 11.0 Å². The Hall–Kier alpha value is -2.93. The van der Waals surface area contributed by atoms with Gasteiger partial charge in [-0.25, -0.2) is 0 Å². The van der Waals surface area contributed by atoms with Gasteiger partial charge in [-0.15, -0.1) is 0 Å². The third kappa shape index (κ3) is 3.52. The predicted octanol–water partition coefficient (Wildman–Crippen LogP) is 4.44. The molecule has 1 aromatic heterocycles. The zero-order valence-corrected chi connectivity index (χ0v) is 13.3. The molecule has 0 unspecified atom stereocenters. The number of non-ortho nitro benzene ring substituents is 1. The smallest absolute Gasteiger partial charge is 0.270 e. The van der Waals surface area contributed by atoms with Crippen molar-refractivity contribution in [3.8, 4) is 17.1 Å². The van der Waals surface area contributed by atoms with Gasteiger partial charge in [-0.1, -0.05) is 35.0 Å². The molecule has 7 nitrogen and oxygen atoms in total. The third-order valence-corrected chi connectivity index (χ3v) is 3.45. The van der Waals surface area contributed by atoms with Crippen molar-refractivity contribution in [1.82, 2.24) is 10.1 Å². The monoisotopic (exact) mass is 345 g/mol. The maximum absolute atomic E-state index is 10.8. The van der Waals surface area contributed by atoms with Gasteiger partial charge in [0.15, 0.2) is 6.10 Å². The first-order valence-corrected chi connectivity index (χ1v) is 7.41. The first kappa shape index (κ1) is 15.9. The fourth-order valence-electron chi connectivity index (χ4n) is 2.07. The molecule has 0 amide bonds. The number of benzene rings is 2. The van der Waals surface area contributed by atoms with Crippen molar-refractivity contribution in [2.24, 2.45) is 0 Å². The Morgan fingerprint density at radius 3 is 2.79 bits per heavy atom. The van der Waals surface area contributed by atoms with Crippen LogP contribution in [0.2, 0.25) is 5.02 Å². The van der Waals surface area contributed by atoms with E-state index in [2.05, 4.69) is 10.1 Å². The van der Waals surface area contributed by atoms with E-state index in [-0.39, 0.29) is 17.4 Å². The molecule has 0 saturated heterocycles. The zero-order valence-electron chi connectivity index (χ0n) is 12.5. The normalized spacial score (nSPS) is 11.9. The summed E-state index contributed by atoms with van der Waals surface area (Å²) < 4.78 is 10.9. The van der Waals surface area contributed by atoms with E-state index in [1.165, 1.54) is 12.1 Å². The van der Waals surface area contributed by atoms with Crippen LogP contribution >= 0.6 is 11.6 Å². The van der Waals surface area contributed by atoms with Gasteiger partial charge in [-0.3, -0.25) is 10.1 Å². The van der Waals surface area contributed by atoms with Crippen LogP contribution < -0.4 is 4.74 Å². The number of nitro benzene ring substituents is 1.